The van der Waals surface area contributed by atoms with Gasteiger partial charge >= 0.3 is 5.97 Å². The Kier molecular flexibility index (Phi) is 6.38. The Morgan fingerprint density at radius 3 is 2.68 bits per heavy atom. The van der Waals surface area contributed by atoms with Crippen LogP contribution in [0.25, 0.3) is 0 Å². The maximum Gasteiger partial charge on any atom is 0.306 e. The number of hydrogen-bond acceptors (Lipinski definition) is 6. The number of piperidine rings is 1. The SMILES string of the molecule is CC(=O)N[C@H]1CCC2[C@@H](C)N(C)CC[C@@]23c2c(C)c(CCC(=O)OC(C)(C)C)cc(O)c2O[C@@H]13. The van der Waals surface area contributed by atoms with E-state index in [1.807, 2.05) is 20.8 Å². The van der Waals surface area contributed by atoms with Crippen molar-refractivity contribution in [1.29, 1.82) is 0 Å². The van der Waals surface area contributed by atoms with E-state index in [0.717, 1.165) is 42.5 Å². The highest BCUT2D eigenvalue weighted by Crippen LogP contribution is 2.61. The molecule has 1 spiro atoms. The number of aromatic hydroxyl groups is 1. The van der Waals surface area contributed by atoms with Crippen LogP contribution in [-0.4, -0.2) is 59.3 Å². The first-order valence-electron chi connectivity index (χ1n) is 12.6. The van der Waals surface area contributed by atoms with Gasteiger partial charge < -0.3 is 24.8 Å². The molecule has 1 unspecified atom stereocenters. The molecule has 1 amide bonds. The molecular weight excluding hydrogens is 432 g/mol. The highest BCUT2D eigenvalue weighted by molar-refractivity contribution is 5.74. The molecule has 2 fully saturated rings. The van der Waals surface area contributed by atoms with E-state index in [9.17, 15) is 14.7 Å². The monoisotopic (exact) mass is 472 g/mol. The number of carbonyl (C=O) groups excluding carboxylic acids is 2. The molecule has 34 heavy (non-hydrogen) atoms. The van der Waals surface area contributed by atoms with Gasteiger partial charge in [-0.3, -0.25) is 9.59 Å². The van der Waals surface area contributed by atoms with Gasteiger partial charge in [-0.25, -0.2) is 0 Å². The fourth-order valence-corrected chi connectivity index (χ4v) is 6.75. The highest BCUT2D eigenvalue weighted by Gasteiger charge is 2.63. The zero-order valence-electron chi connectivity index (χ0n) is 21.7. The first-order chi connectivity index (χ1) is 15.8. The minimum atomic E-state index is -0.523. The lowest BCUT2D eigenvalue weighted by atomic mass is 9.54. The quantitative estimate of drug-likeness (QED) is 0.651. The number of fused-ring (bicyclic) bond motifs is 1. The lowest BCUT2D eigenvalue weighted by molar-refractivity contribution is -0.154. The number of nitrogens with zero attached hydrogens (tertiary/aromatic N) is 1. The van der Waals surface area contributed by atoms with E-state index >= 15 is 0 Å². The number of phenols is 1. The lowest BCUT2D eigenvalue weighted by Crippen LogP contribution is -2.66. The number of amides is 1. The summed E-state index contributed by atoms with van der Waals surface area (Å²) >= 11 is 0. The second-order valence-electron chi connectivity index (χ2n) is 11.5. The van der Waals surface area contributed by atoms with E-state index in [1.165, 1.54) is 0 Å². The molecular formula is C27H40N2O5. The molecule has 1 aromatic rings. The number of rotatable bonds is 4. The molecule has 7 nitrogen and oxygen atoms in total. The zero-order chi connectivity index (χ0) is 25.0. The van der Waals surface area contributed by atoms with Gasteiger partial charge in [-0.15, -0.1) is 0 Å². The number of phenolic OH excluding ortho intramolecular Hbond substituents is 1. The molecule has 7 heteroatoms. The summed E-state index contributed by atoms with van der Waals surface area (Å²) in [5, 5.41) is 14.2. The van der Waals surface area contributed by atoms with E-state index < -0.39 is 5.60 Å². The summed E-state index contributed by atoms with van der Waals surface area (Å²) in [6.45, 7) is 12.4. The third-order valence-corrected chi connectivity index (χ3v) is 8.22. The van der Waals surface area contributed by atoms with Crippen molar-refractivity contribution in [2.24, 2.45) is 5.92 Å². The van der Waals surface area contributed by atoms with Crippen LogP contribution in [0.1, 0.15) is 77.0 Å². The summed E-state index contributed by atoms with van der Waals surface area (Å²) < 4.78 is 12.0. The molecule has 1 aliphatic carbocycles. The lowest BCUT2D eigenvalue weighted by Gasteiger charge is -2.56. The molecule has 5 atom stereocenters. The van der Waals surface area contributed by atoms with Gasteiger partial charge in [0.05, 0.1) is 6.04 Å². The molecule has 1 aromatic carbocycles. The maximum absolute atomic E-state index is 12.4. The highest BCUT2D eigenvalue weighted by atomic mass is 16.6. The molecule has 1 saturated carbocycles. The molecule has 2 N–H and O–H groups in total. The van der Waals surface area contributed by atoms with Gasteiger partial charge in [0.2, 0.25) is 5.91 Å². The normalized spacial score (nSPS) is 30.6. The Hall–Kier alpha value is -2.28. The summed E-state index contributed by atoms with van der Waals surface area (Å²) in [6.07, 6.45) is 3.28. The van der Waals surface area contributed by atoms with Crippen LogP contribution in [0.15, 0.2) is 6.07 Å². The van der Waals surface area contributed by atoms with Crippen molar-refractivity contribution in [1.82, 2.24) is 10.2 Å². The number of ether oxygens (including phenoxy) is 2. The van der Waals surface area contributed by atoms with Crippen LogP contribution >= 0.6 is 0 Å². The van der Waals surface area contributed by atoms with E-state index in [1.54, 1.807) is 13.0 Å². The number of nitrogens with one attached hydrogen (secondary N) is 1. The molecule has 2 heterocycles. The number of esters is 1. The smallest absolute Gasteiger partial charge is 0.306 e. The Morgan fingerprint density at radius 2 is 2.03 bits per heavy atom. The number of aryl methyl sites for hydroxylation is 1. The molecule has 1 saturated heterocycles. The standard InChI is InChI=1S/C27H40N2O5/c1-15-18(8-11-22(32)34-26(4,5)6)14-21(31)24-23(15)27-12-13-29(7)16(2)19(27)9-10-20(25(27)33-24)28-17(3)30/h14,16,19-20,25,31H,8-13H2,1-7H3,(H,28,30)/t16-,19?,20+,25+,27+/m1/s1. The van der Waals surface area contributed by atoms with Crippen molar-refractivity contribution < 1.29 is 24.2 Å². The maximum atomic E-state index is 12.4. The average molecular weight is 473 g/mol. The van der Waals surface area contributed by atoms with Crippen LogP contribution in [0.5, 0.6) is 11.5 Å². The van der Waals surface area contributed by atoms with Gasteiger partial charge in [-0.2, -0.15) is 0 Å². The fraction of sp³-hybridized carbons (Fsp3) is 0.704. The Labute approximate surface area is 203 Å². The predicted molar refractivity (Wildman–Crippen MR) is 130 cm³/mol. The van der Waals surface area contributed by atoms with Crippen LogP contribution in [0.4, 0.5) is 0 Å². The van der Waals surface area contributed by atoms with Gasteiger partial charge in [0, 0.05) is 30.4 Å². The summed E-state index contributed by atoms with van der Waals surface area (Å²) in [5.74, 6) is 0.728. The summed E-state index contributed by atoms with van der Waals surface area (Å²) in [4.78, 5) is 26.8. The van der Waals surface area contributed by atoms with Gasteiger partial charge in [0.1, 0.15) is 11.7 Å². The zero-order valence-corrected chi connectivity index (χ0v) is 21.7. The average Bonchev–Trinajstić information content (AvgIpc) is 3.08. The largest absolute Gasteiger partial charge is 0.504 e. The van der Waals surface area contributed by atoms with Crippen LogP contribution in [-0.2, 0) is 26.2 Å². The third-order valence-electron chi connectivity index (χ3n) is 8.22. The Balaban J connectivity index is 1.75. The van der Waals surface area contributed by atoms with Crippen molar-refractivity contribution in [2.45, 2.75) is 103 Å². The number of benzene rings is 1. The molecule has 4 rings (SSSR count). The minimum absolute atomic E-state index is 0.0573. The third kappa shape index (κ3) is 4.16. The Morgan fingerprint density at radius 1 is 1.32 bits per heavy atom. The predicted octanol–water partition coefficient (Wildman–Crippen LogP) is 3.61. The van der Waals surface area contributed by atoms with Gasteiger partial charge in [-0.1, -0.05) is 0 Å². The van der Waals surface area contributed by atoms with Crippen LogP contribution in [0, 0.1) is 12.8 Å². The first-order valence-corrected chi connectivity index (χ1v) is 12.6. The number of carbonyl (C=O) groups is 2. The molecule has 188 valence electrons. The first kappa shape index (κ1) is 24.8. The van der Waals surface area contributed by atoms with Crippen molar-refractivity contribution >= 4 is 11.9 Å². The Bertz CT molecular complexity index is 984. The van der Waals surface area contributed by atoms with Crippen LogP contribution in [0.2, 0.25) is 0 Å². The molecule has 2 aliphatic heterocycles. The van der Waals surface area contributed by atoms with Gasteiger partial charge in [0.15, 0.2) is 11.5 Å². The van der Waals surface area contributed by atoms with Crippen LogP contribution in [0.3, 0.4) is 0 Å². The summed E-state index contributed by atoms with van der Waals surface area (Å²) in [6, 6.07) is 2.00. The van der Waals surface area contributed by atoms with Crippen LogP contribution < -0.4 is 10.1 Å². The number of likely N-dealkylation sites (tertiary alicyclic amines) is 1. The van der Waals surface area contributed by atoms with Crippen molar-refractivity contribution in [2.75, 3.05) is 13.6 Å². The van der Waals surface area contributed by atoms with Crippen molar-refractivity contribution in [3.05, 3.63) is 22.8 Å². The minimum Gasteiger partial charge on any atom is -0.504 e. The van der Waals surface area contributed by atoms with E-state index in [-0.39, 0.29) is 41.6 Å². The van der Waals surface area contributed by atoms with E-state index in [4.69, 9.17) is 9.47 Å². The molecule has 3 aliphatic rings. The summed E-state index contributed by atoms with van der Waals surface area (Å²) in [7, 11) is 2.17. The second kappa shape index (κ2) is 8.74. The van der Waals surface area contributed by atoms with E-state index in [2.05, 4.69) is 31.1 Å². The van der Waals surface area contributed by atoms with Crippen molar-refractivity contribution in [3.63, 3.8) is 0 Å². The molecule has 0 bridgehead atoms. The molecule has 0 aromatic heterocycles. The summed E-state index contributed by atoms with van der Waals surface area (Å²) in [5.41, 5.74) is 2.31. The van der Waals surface area contributed by atoms with Gasteiger partial charge in [-0.05, 0) is 97.0 Å². The number of hydrogen-bond donors (Lipinski definition) is 2. The fourth-order valence-electron chi connectivity index (χ4n) is 6.75. The van der Waals surface area contributed by atoms with Gasteiger partial charge in [0.25, 0.3) is 0 Å². The topological polar surface area (TPSA) is 88.1 Å². The molecule has 0 radical (unpaired) electrons. The van der Waals surface area contributed by atoms with E-state index in [0.29, 0.717) is 24.1 Å². The van der Waals surface area contributed by atoms with Crippen molar-refractivity contribution in [3.8, 4) is 11.5 Å². The second-order valence-corrected chi connectivity index (χ2v) is 11.5.